The highest BCUT2D eigenvalue weighted by Gasteiger charge is 2.16. The third kappa shape index (κ3) is 1.49. The van der Waals surface area contributed by atoms with Crippen LogP contribution in [0.2, 0.25) is 0 Å². The summed E-state index contributed by atoms with van der Waals surface area (Å²) in [5.41, 5.74) is 6.82. The topological polar surface area (TPSA) is 97.9 Å². The van der Waals surface area contributed by atoms with Gasteiger partial charge in [-0.1, -0.05) is 0 Å². The lowest BCUT2D eigenvalue weighted by molar-refractivity contribution is -0.384. The van der Waals surface area contributed by atoms with Crippen molar-refractivity contribution >= 4 is 22.4 Å². The fraction of sp³-hybridized carbons (Fsp3) is 0.182. The van der Waals surface area contributed by atoms with Crippen LogP contribution in [-0.2, 0) is 6.54 Å². The van der Waals surface area contributed by atoms with Gasteiger partial charge in [-0.15, -0.1) is 0 Å². The Kier molecular flexibility index (Phi) is 2.44. The van der Waals surface area contributed by atoms with Crippen LogP contribution in [0.1, 0.15) is 12.5 Å². The zero-order valence-electron chi connectivity index (χ0n) is 9.17. The Morgan fingerprint density at radius 1 is 1.59 bits per heavy atom. The molecule has 0 aliphatic carbocycles. The van der Waals surface area contributed by atoms with Crippen LogP contribution in [0.4, 0.5) is 11.5 Å². The van der Waals surface area contributed by atoms with Crippen molar-refractivity contribution in [3.05, 3.63) is 33.9 Å². The second kappa shape index (κ2) is 3.79. The molecule has 0 saturated carbocycles. The first kappa shape index (κ1) is 11.0. The number of aryl methyl sites for hydroxylation is 1. The predicted octanol–water partition coefficient (Wildman–Crippen LogP) is 2.02. The zero-order chi connectivity index (χ0) is 12.6. The van der Waals surface area contributed by atoms with Gasteiger partial charge in [-0.25, -0.2) is 0 Å². The molecule has 0 unspecified atom stereocenters. The van der Waals surface area contributed by atoms with E-state index in [-0.39, 0.29) is 5.69 Å². The van der Waals surface area contributed by atoms with Crippen LogP contribution in [0.25, 0.3) is 10.9 Å². The number of hydrogen-bond donors (Lipinski definition) is 1. The first-order valence-corrected chi connectivity index (χ1v) is 5.06. The maximum atomic E-state index is 10.7. The van der Waals surface area contributed by atoms with Crippen LogP contribution in [0.15, 0.2) is 18.2 Å². The van der Waals surface area contributed by atoms with E-state index in [0.717, 1.165) is 0 Å². The Morgan fingerprint density at radius 2 is 2.29 bits per heavy atom. The highest BCUT2D eigenvalue weighted by atomic mass is 16.6. The molecule has 2 N–H and O–H groups in total. The number of fused-ring (bicyclic) bond motifs is 1. The molecule has 17 heavy (non-hydrogen) atoms. The maximum Gasteiger partial charge on any atom is 0.271 e. The molecule has 0 aliphatic rings. The number of anilines is 1. The van der Waals surface area contributed by atoms with Crippen molar-refractivity contribution in [3.8, 4) is 6.07 Å². The van der Waals surface area contributed by atoms with Crippen molar-refractivity contribution in [3.63, 3.8) is 0 Å². The number of nitro groups is 1. The van der Waals surface area contributed by atoms with Crippen molar-refractivity contribution in [1.29, 1.82) is 5.26 Å². The summed E-state index contributed by atoms with van der Waals surface area (Å²) >= 11 is 0. The Labute approximate surface area is 97.0 Å². The molecule has 0 spiro atoms. The monoisotopic (exact) mass is 230 g/mol. The van der Waals surface area contributed by atoms with E-state index in [1.807, 2.05) is 13.0 Å². The first-order chi connectivity index (χ1) is 8.10. The third-order valence-corrected chi connectivity index (χ3v) is 2.73. The molecular formula is C11H10N4O2. The fourth-order valence-corrected chi connectivity index (χ4v) is 1.93. The lowest BCUT2D eigenvalue weighted by Crippen LogP contribution is -2.00. The molecule has 0 fully saturated rings. The van der Waals surface area contributed by atoms with Crippen molar-refractivity contribution in [2.75, 3.05) is 5.73 Å². The van der Waals surface area contributed by atoms with Crippen LogP contribution in [0.5, 0.6) is 0 Å². The molecule has 0 atom stereocenters. The lowest BCUT2D eigenvalue weighted by Gasteiger charge is -2.02. The van der Waals surface area contributed by atoms with Gasteiger partial charge in [0.25, 0.3) is 5.69 Å². The zero-order valence-corrected chi connectivity index (χ0v) is 9.17. The molecule has 0 saturated heterocycles. The SMILES string of the molecule is CCn1c(N)c(C#N)c2ccc([N+](=O)[O-])cc21. The van der Waals surface area contributed by atoms with Gasteiger partial charge in [0.15, 0.2) is 0 Å². The van der Waals surface area contributed by atoms with Gasteiger partial charge >= 0.3 is 0 Å². The van der Waals surface area contributed by atoms with Crippen LogP contribution in [-0.4, -0.2) is 9.49 Å². The van der Waals surface area contributed by atoms with E-state index in [2.05, 4.69) is 0 Å². The van der Waals surface area contributed by atoms with E-state index in [4.69, 9.17) is 11.0 Å². The third-order valence-electron chi connectivity index (χ3n) is 2.73. The minimum absolute atomic E-state index is 0.00538. The summed E-state index contributed by atoms with van der Waals surface area (Å²) in [5.74, 6) is 0.352. The Hall–Kier alpha value is -2.55. The smallest absolute Gasteiger partial charge is 0.271 e. The standard InChI is InChI=1S/C11H10N4O2/c1-2-14-10-5-7(15(16)17)3-4-8(10)9(6-12)11(14)13/h3-5H,2,13H2,1H3. The quantitative estimate of drug-likeness (QED) is 0.630. The van der Waals surface area contributed by atoms with E-state index in [1.54, 1.807) is 10.6 Å². The second-order valence-electron chi connectivity index (χ2n) is 3.57. The summed E-state index contributed by atoms with van der Waals surface area (Å²) in [6, 6.07) is 6.41. The Morgan fingerprint density at radius 3 is 2.82 bits per heavy atom. The highest BCUT2D eigenvalue weighted by molar-refractivity contribution is 5.93. The average Bonchev–Trinajstić information content (AvgIpc) is 2.58. The van der Waals surface area contributed by atoms with E-state index < -0.39 is 4.92 Å². The molecule has 1 aromatic carbocycles. The number of non-ortho nitro benzene ring substituents is 1. The van der Waals surface area contributed by atoms with E-state index in [9.17, 15) is 10.1 Å². The Balaban J connectivity index is 2.86. The number of nitriles is 1. The van der Waals surface area contributed by atoms with Crippen LogP contribution < -0.4 is 5.73 Å². The van der Waals surface area contributed by atoms with Gasteiger partial charge in [0.2, 0.25) is 0 Å². The molecule has 2 aromatic rings. The van der Waals surface area contributed by atoms with Gasteiger partial charge in [-0.3, -0.25) is 10.1 Å². The number of rotatable bonds is 2. The molecule has 6 heteroatoms. The summed E-state index contributed by atoms with van der Waals surface area (Å²) in [6.45, 7) is 2.43. The molecule has 0 bridgehead atoms. The molecule has 1 aromatic heterocycles. The lowest BCUT2D eigenvalue weighted by atomic mass is 10.1. The molecule has 0 amide bonds. The molecule has 2 rings (SSSR count). The van der Waals surface area contributed by atoms with Crippen LogP contribution in [0, 0.1) is 21.4 Å². The summed E-state index contributed by atoms with van der Waals surface area (Å²) in [6.07, 6.45) is 0. The highest BCUT2D eigenvalue weighted by Crippen LogP contribution is 2.30. The predicted molar refractivity (Wildman–Crippen MR) is 63.4 cm³/mol. The number of hydrogen-bond acceptors (Lipinski definition) is 4. The van der Waals surface area contributed by atoms with E-state index in [1.165, 1.54) is 12.1 Å². The Bertz CT molecular complexity index is 652. The summed E-state index contributed by atoms with van der Waals surface area (Å²) in [7, 11) is 0. The van der Waals surface area contributed by atoms with Crippen LogP contribution >= 0.6 is 0 Å². The van der Waals surface area contributed by atoms with E-state index in [0.29, 0.717) is 28.8 Å². The molecule has 1 heterocycles. The van der Waals surface area contributed by atoms with Gasteiger partial charge < -0.3 is 10.3 Å². The average molecular weight is 230 g/mol. The van der Waals surface area contributed by atoms with Crippen molar-refractivity contribution in [2.24, 2.45) is 0 Å². The van der Waals surface area contributed by atoms with Crippen LogP contribution in [0.3, 0.4) is 0 Å². The molecule has 0 aliphatic heterocycles. The van der Waals surface area contributed by atoms with Gasteiger partial charge in [0, 0.05) is 24.1 Å². The summed E-state index contributed by atoms with van der Waals surface area (Å²) in [4.78, 5) is 10.2. The van der Waals surface area contributed by atoms with Gasteiger partial charge in [0.05, 0.1) is 10.4 Å². The molecule has 86 valence electrons. The van der Waals surface area contributed by atoms with Crippen molar-refractivity contribution < 1.29 is 4.92 Å². The van der Waals surface area contributed by atoms with Gasteiger partial charge in [-0.05, 0) is 13.0 Å². The molecular weight excluding hydrogens is 220 g/mol. The number of nitrogens with zero attached hydrogens (tertiary/aromatic N) is 3. The summed E-state index contributed by atoms with van der Waals surface area (Å²) in [5, 5.41) is 20.4. The van der Waals surface area contributed by atoms with E-state index >= 15 is 0 Å². The second-order valence-corrected chi connectivity index (χ2v) is 3.57. The molecule has 6 nitrogen and oxygen atoms in total. The van der Waals surface area contributed by atoms with Crippen molar-refractivity contribution in [1.82, 2.24) is 4.57 Å². The number of nitrogens with two attached hydrogens (primary N) is 1. The number of aromatic nitrogens is 1. The van der Waals surface area contributed by atoms with Gasteiger partial charge in [-0.2, -0.15) is 5.26 Å². The largest absolute Gasteiger partial charge is 0.384 e. The fourth-order valence-electron chi connectivity index (χ4n) is 1.93. The van der Waals surface area contributed by atoms with Crippen molar-refractivity contribution in [2.45, 2.75) is 13.5 Å². The first-order valence-electron chi connectivity index (χ1n) is 5.06. The minimum Gasteiger partial charge on any atom is -0.384 e. The number of nitro benzene ring substituents is 1. The minimum atomic E-state index is -0.464. The summed E-state index contributed by atoms with van der Waals surface area (Å²) < 4.78 is 1.70. The number of benzene rings is 1. The normalized spacial score (nSPS) is 10.4. The number of nitrogen functional groups attached to an aromatic ring is 1. The molecule has 0 radical (unpaired) electrons. The maximum absolute atomic E-state index is 10.7. The van der Waals surface area contributed by atoms with Gasteiger partial charge in [0.1, 0.15) is 17.5 Å².